The van der Waals surface area contributed by atoms with Crippen molar-refractivity contribution in [3.63, 3.8) is 0 Å². The Bertz CT molecular complexity index is 1360. The lowest BCUT2D eigenvalue weighted by Gasteiger charge is -2.30. The van der Waals surface area contributed by atoms with E-state index in [0.29, 0.717) is 11.4 Å². The molecule has 6 rings (SSSR count). The van der Waals surface area contributed by atoms with Crippen LogP contribution in [0.1, 0.15) is 16.7 Å². The number of hydrogen-bond acceptors (Lipinski definition) is 4. The van der Waals surface area contributed by atoms with Gasteiger partial charge in [-0.1, -0.05) is 78.3 Å². The lowest BCUT2D eigenvalue weighted by Crippen LogP contribution is -2.55. The number of fused-ring (bicyclic) bond motifs is 4. The number of anilines is 1. The van der Waals surface area contributed by atoms with Crippen LogP contribution in [0.25, 0.3) is 0 Å². The Balaban J connectivity index is 1.47. The number of nitrogens with one attached hydrogen (secondary N) is 1. The largest absolute Gasteiger partial charge is 0.306 e. The van der Waals surface area contributed by atoms with Crippen molar-refractivity contribution in [1.82, 2.24) is 10.2 Å². The van der Waals surface area contributed by atoms with Crippen LogP contribution in [0, 0.1) is 11.8 Å². The van der Waals surface area contributed by atoms with Crippen molar-refractivity contribution in [3.8, 4) is 0 Å². The zero-order valence-electron chi connectivity index (χ0n) is 19.1. The number of halogens is 1. The quantitative estimate of drug-likeness (QED) is 0.574. The molecule has 3 heterocycles. The molecule has 176 valence electrons. The third kappa shape index (κ3) is 3.10. The fourth-order valence-corrected chi connectivity index (χ4v) is 6.28. The highest BCUT2D eigenvalue weighted by Gasteiger charge is 2.71. The predicted molar refractivity (Wildman–Crippen MR) is 133 cm³/mol. The first-order valence-corrected chi connectivity index (χ1v) is 12.1. The number of hydrogen-bond donors (Lipinski definition) is 1. The molecule has 35 heavy (non-hydrogen) atoms. The topological polar surface area (TPSA) is 69.7 Å². The van der Waals surface area contributed by atoms with E-state index in [9.17, 15) is 14.4 Å². The summed E-state index contributed by atoms with van der Waals surface area (Å²) in [5.74, 6) is -2.20. The van der Waals surface area contributed by atoms with Crippen molar-refractivity contribution < 1.29 is 14.4 Å². The molecule has 1 spiro atoms. The van der Waals surface area contributed by atoms with Gasteiger partial charge in [0, 0.05) is 29.4 Å². The molecule has 7 heteroatoms. The van der Waals surface area contributed by atoms with Gasteiger partial charge in [0.05, 0.1) is 18.4 Å². The van der Waals surface area contributed by atoms with Crippen molar-refractivity contribution in [3.05, 3.63) is 101 Å². The van der Waals surface area contributed by atoms with Crippen molar-refractivity contribution in [2.45, 2.75) is 24.5 Å². The molecular formula is C28H24ClN3O3. The van der Waals surface area contributed by atoms with E-state index in [0.717, 1.165) is 22.4 Å². The molecule has 4 atom stereocenters. The van der Waals surface area contributed by atoms with Gasteiger partial charge in [-0.2, -0.15) is 0 Å². The molecule has 2 fully saturated rings. The first-order chi connectivity index (χ1) is 16.9. The molecule has 3 aromatic carbocycles. The van der Waals surface area contributed by atoms with Gasteiger partial charge in [0.15, 0.2) is 0 Å². The number of carbonyl (C=O) groups is 3. The Morgan fingerprint density at radius 1 is 0.886 bits per heavy atom. The van der Waals surface area contributed by atoms with E-state index in [1.807, 2.05) is 72.8 Å². The molecule has 0 saturated carbocycles. The van der Waals surface area contributed by atoms with Crippen LogP contribution < -0.4 is 10.2 Å². The number of likely N-dealkylation sites (tertiary alicyclic amines) is 1. The van der Waals surface area contributed by atoms with E-state index in [1.54, 1.807) is 11.0 Å². The van der Waals surface area contributed by atoms with Crippen molar-refractivity contribution >= 4 is 35.0 Å². The summed E-state index contributed by atoms with van der Waals surface area (Å²) in [5.41, 5.74) is 2.02. The first kappa shape index (κ1) is 22.0. The summed E-state index contributed by atoms with van der Waals surface area (Å²) in [6.07, 6.45) is 0.538. The number of carbonyl (C=O) groups excluding carboxylic acids is 3. The van der Waals surface area contributed by atoms with Crippen LogP contribution in [0.5, 0.6) is 0 Å². The van der Waals surface area contributed by atoms with E-state index in [4.69, 9.17) is 11.6 Å². The SMILES string of the molecule is CN1C(=O)C2C(Cc3ccccc3)NC3(C(=O)N(Cc4ccccc4Cl)c4ccccc43)C2C1=O. The minimum atomic E-state index is -1.31. The maximum absolute atomic E-state index is 14.3. The van der Waals surface area contributed by atoms with Crippen LogP contribution in [-0.4, -0.2) is 35.7 Å². The molecule has 4 unspecified atom stereocenters. The van der Waals surface area contributed by atoms with E-state index >= 15 is 0 Å². The summed E-state index contributed by atoms with van der Waals surface area (Å²) >= 11 is 6.43. The van der Waals surface area contributed by atoms with Gasteiger partial charge >= 0.3 is 0 Å². The highest BCUT2D eigenvalue weighted by molar-refractivity contribution is 6.31. The van der Waals surface area contributed by atoms with Crippen LogP contribution in [-0.2, 0) is 32.9 Å². The standard InChI is InChI=1S/C28H24ClN3O3/c1-31-25(33)23-21(15-17-9-3-2-4-10-17)30-28(24(23)26(31)34)19-12-6-8-14-22(19)32(27(28)35)16-18-11-5-7-13-20(18)29/h2-14,21,23-24,30H,15-16H2,1H3. The second-order valence-corrected chi connectivity index (χ2v) is 9.89. The maximum atomic E-state index is 14.3. The van der Waals surface area contributed by atoms with E-state index < -0.39 is 17.4 Å². The monoisotopic (exact) mass is 485 g/mol. The summed E-state index contributed by atoms with van der Waals surface area (Å²) in [4.78, 5) is 44.0. The van der Waals surface area contributed by atoms with Gasteiger partial charge in [0.1, 0.15) is 5.54 Å². The smallest absolute Gasteiger partial charge is 0.253 e. The molecule has 2 saturated heterocycles. The zero-order chi connectivity index (χ0) is 24.3. The van der Waals surface area contributed by atoms with Crippen LogP contribution >= 0.6 is 11.6 Å². The normalized spacial score (nSPS) is 27.1. The molecule has 6 nitrogen and oxygen atoms in total. The molecular weight excluding hydrogens is 462 g/mol. The molecule has 0 aliphatic carbocycles. The van der Waals surface area contributed by atoms with Gasteiger partial charge in [0.25, 0.3) is 5.91 Å². The maximum Gasteiger partial charge on any atom is 0.253 e. The Morgan fingerprint density at radius 2 is 1.57 bits per heavy atom. The zero-order valence-corrected chi connectivity index (χ0v) is 19.9. The van der Waals surface area contributed by atoms with Gasteiger partial charge in [0.2, 0.25) is 11.8 Å². The van der Waals surface area contributed by atoms with E-state index in [-0.39, 0.29) is 30.3 Å². The van der Waals surface area contributed by atoms with E-state index in [2.05, 4.69) is 5.32 Å². The second-order valence-electron chi connectivity index (χ2n) is 9.49. The highest BCUT2D eigenvalue weighted by Crippen LogP contribution is 2.55. The molecule has 0 bridgehead atoms. The van der Waals surface area contributed by atoms with Crippen LogP contribution in [0.3, 0.4) is 0 Å². The Kier molecular flexibility index (Phi) is 5.06. The molecule has 3 aliphatic heterocycles. The van der Waals surface area contributed by atoms with Gasteiger partial charge in [-0.05, 0) is 29.7 Å². The molecule has 3 aromatic rings. The average molecular weight is 486 g/mol. The van der Waals surface area contributed by atoms with Gasteiger partial charge < -0.3 is 4.90 Å². The van der Waals surface area contributed by atoms with E-state index in [1.165, 1.54) is 11.9 Å². The number of amides is 3. The molecule has 0 radical (unpaired) electrons. The Labute approximate surface area is 208 Å². The average Bonchev–Trinajstić information content (AvgIpc) is 3.41. The van der Waals surface area contributed by atoms with Gasteiger partial charge in [-0.3, -0.25) is 24.6 Å². The van der Waals surface area contributed by atoms with Crippen molar-refractivity contribution in [2.24, 2.45) is 11.8 Å². The van der Waals surface area contributed by atoms with Gasteiger partial charge in [-0.15, -0.1) is 0 Å². The minimum absolute atomic E-state index is 0.222. The summed E-state index contributed by atoms with van der Waals surface area (Å²) < 4.78 is 0. The summed E-state index contributed by atoms with van der Waals surface area (Å²) in [6.45, 7) is 0.275. The number of para-hydroxylation sites is 1. The summed E-state index contributed by atoms with van der Waals surface area (Å²) in [7, 11) is 1.52. The fourth-order valence-electron chi connectivity index (χ4n) is 6.09. The minimum Gasteiger partial charge on any atom is -0.306 e. The Hall–Kier alpha value is -3.48. The van der Waals surface area contributed by atoms with Gasteiger partial charge in [-0.25, -0.2) is 0 Å². The van der Waals surface area contributed by atoms with Crippen molar-refractivity contribution in [1.29, 1.82) is 0 Å². The number of nitrogens with zero attached hydrogens (tertiary/aromatic N) is 2. The van der Waals surface area contributed by atoms with Crippen molar-refractivity contribution in [2.75, 3.05) is 11.9 Å². The van der Waals surface area contributed by atoms with Crippen LogP contribution in [0.2, 0.25) is 5.02 Å². The second kappa shape index (κ2) is 8.04. The fraction of sp³-hybridized carbons (Fsp3) is 0.250. The third-order valence-electron chi connectivity index (χ3n) is 7.67. The summed E-state index contributed by atoms with van der Waals surface area (Å²) in [6, 6.07) is 24.5. The molecule has 0 aromatic heterocycles. The highest BCUT2D eigenvalue weighted by atomic mass is 35.5. The summed E-state index contributed by atoms with van der Waals surface area (Å²) in [5, 5.41) is 4.12. The molecule has 3 aliphatic rings. The number of rotatable bonds is 4. The number of imide groups is 1. The molecule has 1 N–H and O–H groups in total. The number of benzene rings is 3. The lowest BCUT2D eigenvalue weighted by atomic mass is 9.76. The lowest BCUT2D eigenvalue weighted by molar-refractivity contribution is -0.141. The van der Waals surface area contributed by atoms with Crippen LogP contribution in [0.15, 0.2) is 78.9 Å². The van der Waals surface area contributed by atoms with Crippen LogP contribution in [0.4, 0.5) is 5.69 Å². The first-order valence-electron chi connectivity index (χ1n) is 11.7. The predicted octanol–water partition coefficient (Wildman–Crippen LogP) is 3.53. The molecule has 3 amide bonds. The third-order valence-corrected chi connectivity index (χ3v) is 8.04. The Morgan fingerprint density at radius 3 is 2.34 bits per heavy atom.